The van der Waals surface area contributed by atoms with Gasteiger partial charge in [-0.25, -0.2) is 4.79 Å². The van der Waals surface area contributed by atoms with E-state index in [2.05, 4.69) is 10.3 Å². The molecule has 10 heteroatoms. The molecule has 38 heavy (non-hydrogen) atoms. The van der Waals surface area contributed by atoms with Crippen molar-refractivity contribution in [2.24, 2.45) is 11.8 Å². The van der Waals surface area contributed by atoms with Crippen molar-refractivity contribution in [1.82, 2.24) is 10.3 Å². The Kier molecular flexibility index (Phi) is 7.99. The van der Waals surface area contributed by atoms with Crippen LogP contribution in [0.2, 0.25) is 0 Å². The van der Waals surface area contributed by atoms with E-state index < -0.39 is 41.9 Å². The highest BCUT2D eigenvalue weighted by Gasteiger charge is 2.48. The molecule has 0 spiro atoms. The molecule has 206 valence electrons. The largest absolute Gasteiger partial charge is 0.497 e. The van der Waals surface area contributed by atoms with E-state index >= 15 is 0 Å². The van der Waals surface area contributed by atoms with Crippen molar-refractivity contribution in [2.75, 3.05) is 7.11 Å². The van der Waals surface area contributed by atoms with Gasteiger partial charge in [0.15, 0.2) is 0 Å². The van der Waals surface area contributed by atoms with Gasteiger partial charge in [-0.2, -0.15) is 0 Å². The summed E-state index contributed by atoms with van der Waals surface area (Å²) in [5, 5.41) is 3.69. The summed E-state index contributed by atoms with van der Waals surface area (Å²) < 4.78 is 28.6. The van der Waals surface area contributed by atoms with Gasteiger partial charge in [0.1, 0.15) is 23.2 Å². The van der Waals surface area contributed by atoms with Crippen molar-refractivity contribution in [2.45, 2.75) is 84.3 Å². The number of esters is 2. The zero-order valence-electron chi connectivity index (χ0n) is 22.7. The van der Waals surface area contributed by atoms with Crippen molar-refractivity contribution in [1.29, 1.82) is 0 Å². The molecule has 2 aliphatic rings. The molecule has 1 aliphatic heterocycles. The van der Waals surface area contributed by atoms with Gasteiger partial charge in [0, 0.05) is 30.8 Å². The van der Waals surface area contributed by atoms with Gasteiger partial charge in [0.2, 0.25) is 0 Å². The van der Waals surface area contributed by atoms with Crippen LogP contribution in [0.4, 0.5) is 4.79 Å². The number of hydrogen-bond acceptors (Lipinski definition) is 9. The number of methoxy groups -OCH3 is 1. The number of nitrogens with zero attached hydrogens (tertiary/aromatic N) is 1. The van der Waals surface area contributed by atoms with E-state index in [0.717, 1.165) is 5.39 Å². The molecule has 10 nitrogen and oxygen atoms in total. The lowest BCUT2D eigenvalue weighted by atomic mass is 9.73. The van der Waals surface area contributed by atoms with Gasteiger partial charge in [-0.15, -0.1) is 0 Å². The number of ether oxygens (including phenoxy) is 5. The van der Waals surface area contributed by atoms with E-state index in [1.54, 1.807) is 13.3 Å². The maximum atomic E-state index is 12.4. The minimum Gasteiger partial charge on any atom is -0.497 e. The first-order chi connectivity index (χ1) is 17.9. The van der Waals surface area contributed by atoms with Gasteiger partial charge in [-0.1, -0.05) is 0 Å². The van der Waals surface area contributed by atoms with Crippen LogP contribution in [0, 0.1) is 11.8 Å². The highest BCUT2D eigenvalue weighted by molar-refractivity contribution is 5.86. The molecule has 1 saturated carbocycles. The number of carbonyl (C=O) groups excluding carboxylic acids is 3. The molecule has 2 heterocycles. The normalized spacial score (nSPS) is 24.9. The second-order valence-corrected chi connectivity index (χ2v) is 10.9. The van der Waals surface area contributed by atoms with Crippen LogP contribution >= 0.6 is 0 Å². The van der Waals surface area contributed by atoms with Crippen LogP contribution in [0.3, 0.4) is 0 Å². The molecule has 1 fully saturated rings. The van der Waals surface area contributed by atoms with Crippen LogP contribution in [0.25, 0.3) is 10.9 Å². The smallest absolute Gasteiger partial charge is 0.407 e. The van der Waals surface area contributed by atoms with Crippen LogP contribution in [0.5, 0.6) is 11.5 Å². The van der Waals surface area contributed by atoms with Crippen molar-refractivity contribution >= 4 is 28.9 Å². The van der Waals surface area contributed by atoms with E-state index in [1.807, 2.05) is 39.0 Å². The monoisotopic (exact) mass is 528 g/mol. The fourth-order valence-corrected chi connectivity index (χ4v) is 5.40. The zero-order valence-corrected chi connectivity index (χ0v) is 22.7. The predicted molar refractivity (Wildman–Crippen MR) is 138 cm³/mol. The highest BCUT2D eigenvalue weighted by atomic mass is 16.7. The first-order valence-electron chi connectivity index (χ1n) is 12.9. The van der Waals surface area contributed by atoms with Gasteiger partial charge < -0.3 is 29.0 Å². The molecule has 0 radical (unpaired) electrons. The maximum absolute atomic E-state index is 12.4. The Morgan fingerprint density at radius 3 is 2.32 bits per heavy atom. The number of nitrogens with one attached hydrogen (secondary N) is 1. The standard InChI is InChI=1S/C28H36N2O8/c1-15(31)35-25-23(17-7-9-18(10-8-17)30-27(33)38-28(3,4)5)26(36-16(2)32)37-22-14-29-21-12-11-19(34-6)13-20(21)24(22)25/h11-14,17-18,23,25-26H,7-10H2,1-6H3,(H,30,33)/t17-,18-,23?,25?,26?. The number of amides is 1. The van der Waals surface area contributed by atoms with Crippen molar-refractivity contribution in [3.8, 4) is 11.5 Å². The third-order valence-electron chi connectivity index (χ3n) is 6.88. The quantitative estimate of drug-likeness (QED) is 0.429. The van der Waals surface area contributed by atoms with Crippen LogP contribution in [0.15, 0.2) is 24.4 Å². The van der Waals surface area contributed by atoms with Crippen LogP contribution in [0.1, 0.15) is 72.0 Å². The van der Waals surface area contributed by atoms with E-state index in [-0.39, 0.29) is 12.0 Å². The molecule has 0 bridgehead atoms. The molecule has 4 rings (SSSR count). The topological polar surface area (TPSA) is 122 Å². The van der Waals surface area contributed by atoms with E-state index in [0.29, 0.717) is 48.3 Å². The number of aromatic nitrogens is 1. The summed E-state index contributed by atoms with van der Waals surface area (Å²) in [5.74, 6) is -0.415. The summed E-state index contributed by atoms with van der Waals surface area (Å²) in [7, 11) is 1.58. The molecule has 0 saturated heterocycles. The molecule has 1 N–H and O–H groups in total. The summed E-state index contributed by atoms with van der Waals surface area (Å²) in [4.78, 5) is 41.2. The number of hydrogen-bond donors (Lipinski definition) is 1. The Morgan fingerprint density at radius 2 is 1.71 bits per heavy atom. The SMILES string of the molecule is COc1ccc2ncc3c(c2c1)C(OC(C)=O)C([C@H]1CC[C@H](NC(=O)OC(C)(C)C)CC1)C(OC(C)=O)O3. The van der Waals surface area contributed by atoms with Crippen LogP contribution in [-0.4, -0.2) is 48.1 Å². The number of pyridine rings is 1. The average molecular weight is 529 g/mol. The summed E-state index contributed by atoms with van der Waals surface area (Å²) in [6, 6.07) is 5.43. The molecule has 1 aromatic carbocycles. The summed E-state index contributed by atoms with van der Waals surface area (Å²) in [5.41, 5.74) is 0.787. The molecule has 1 amide bonds. The van der Waals surface area contributed by atoms with Gasteiger partial charge in [-0.3, -0.25) is 14.6 Å². The Balaban J connectivity index is 1.66. The molecule has 3 unspecified atom stereocenters. The highest BCUT2D eigenvalue weighted by Crippen LogP contribution is 2.50. The number of fused-ring (bicyclic) bond motifs is 3. The minimum atomic E-state index is -0.963. The Hall–Kier alpha value is -3.56. The second kappa shape index (κ2) is 11.0. The van der Waals surface area contributed by atoms with Crippen molar-refractivity contribution < 1.29 is 38.1 Å². The molecular formula is C28H36N2O8. The number of rotatable bonds is 5. The van der Waals surface area contributed by atoms with Crippen LogP contribution < -0.4 is 14.8 Å². The number of benzene rings is 1. The molecule has 1 aliphatic carbocycles. The van der Waals surface area contributed by atoms with Crippen molar-refractivity contribution in [3.63, 3.8) is 0 Å². The second-order valence-electron chi connectivity index (χ2n) is 10.9. The van der Waals surface area contributed by atoms with E-state index in [4.69, 9.17) is 23.7 Å². The number of carbonyl (C=O) groups is 3. The van der Waals surface area contributed by atoms with Gasteiger partial charge in [0.05, 0.1) is 24.7 Å². The zero-order chi connectivity index (χ0) is 27.6. The Bertz CT molecular complexity index is 1200. The average Bonchev–Trinajstić information content (AvgIpc) is 2.82. The third-order valence-corrected chi connectivity index (χ3v) is 6.88. The van der Waals surface area contributed by atoms with Gasteiger partial charge in [-0.05, 0) is 70.6 Å². The molecule has 3 atom stereocenters. The fourth-order valence-electron chi connectivity index (χ4n) is 5.40. The minimum absolute atomic E-state index is 0.0117. The predicted octanol–water partition coefficient (Wildman–Crippen LogP) is 4.83. The Labute approximate surface area is 222 Å². The third kappa shape index (κ3) is 6.28. The fraction of sp³-hybridized carbons (Fsp3) is 0.571. The van der Waals surface area contributed by atoms with Crippen LogP contribution in [-0.2, 0) is 23.8 Å². The van der Waals surface area contributed by atoms with E-state index in [1.165, 1.54) is 13.8 Å². The molecule has 1 aromatic heterocycles. The summed E-state index contributed by atoms with van der Waals surface area (Å²) in [6.07, 6.45) is 2.20. The summed E-state index contributed by atoms with van der Waals surface area (Å²) >= 11 is 0. The number of alkyl carbamates (subject to hydrolysis) is 1. The van der Waals surface area contributed by atoms with Gasteiger partial charge in [0.25, 0.3) is 6.29 Å². The lowest BCUT2D eigenvalue weighted by Gasteiger charge is -2.44. The maximum Gasteiger partial charge on any atom is 0.407 e. The molecular weight excluding hydrogens is 492 g/mol. The lowest BCUT2D eigenvalue weighted by molar-refractivity contribution is -0.196. The summed E-state index contributed by atoms with van der Waals surface area (Å²) in [6.45, 7) is 8.15. The Morgan fingerprint density at radius 1 is 1.03 bits per heavy atom. The molecule has 2 aromatic rings. The first-order valence-corrected chi connectivity index (χ1v) is 12.9. The lowest BCUT2D eigenvalue weighted by Crippen LogP contribution is -2.47. The van der Waals surface area contributed by atoms with Crippen molar-refractivity contribution in [3.05, 3.63) is 30.0 Å². The van der Waals surface area contributed by atoms with E-state index in [9.17, 15) is 14.4 Å². The van der Waals surface area contributed by atoms with Gasteiger partial charge >= 0.3 is 18.0 Å². The first kappa shape index (κ1) is 27.5.